The Hall–Kier alpha value is -2.60. The van der Waals surface area contributed by atoms with Gasteiger partial charge in [0.2, 0.25) is 5.91 Å². The molecular formula is C22H25N3O2S. The summed E-state index contributed by atoms with van der Waals surface area (Å²) in [6.45, 7) is 4.67. The molecular weight excluding hydrogens is 370 g/mol. The number of para-hydroxylation sites is 1. The zero-order valence-corrected chi connectivity index (χ0v) is 17.3. The highest BCUT2D eigenvalue weighted by Gasteiger charge is 2.37. The first-order chi connectivity index (χ1) is 13.6. The molecule has 1 saturated heterocycles. The van der Waals surface area contributed by atoms with Crippen molar-refractivity contribution in [3.05, 3.63) is 65.2 Å². The molecule has 28 heavy (non-hydrogen) atoms. The largest absolute Gasteiger partial charge is 0.496 e. The van der Waals surface area contributed by atoms with Crippen LogP contribution in [0.25, 0.3) is 0 Å². The molecule has 1 atom stereocenters. The minimum Gasteiger partial charge on any atom is -0.496 e. The number of amidine groups is 1. The lowest BCUT2D eigenvalue weighted by Crippen LogP contribution is -2.31. The maximum Gasteiger partial charge on any atom is 0.242 e. The summed E-state index contributed by atoms with van der Waals surface area (Å²) in [6.07, 6.45) is 3.46. The fourth-order valence-electron chi connectivity index (χ4n) is 3.05. The summed E-state index contributed by atoms with van der Waals surface area (Å²) in [5.74, 6) is 0.851. The summed E-state index contributed by atoms with van der Waals surface area (Å²) in [7, 11) is 1.63. The summed E-state index contributed by atoms with van der Waals surface area (Å²) < 4.78 is 5.34. The van der Waals surface area contributed by atoms with Crippen LogP contribution in [0.5, 0.6) is 5.75 Å². The van der Waals surface area contributed by atoms with Crippen LogP contribution in [0, 0.1) is 6.92 Å². The molecule has 1 fully saturated rings. The van der Waals surface area contributed by atoms with Crippen molar-refractivity contribution in [2.45, 2.75) is 38.5 Å². The van der Waals surface area contributed by atoms with Crippen molar-refractivity contribution in [1.29, 1.82) is 0 Å². The van der Waals surface area contributed by atoms with Gasteiger partial charge in [0.1, 0.15) is 5.75 Å². The Labute approximate surface area is 170 Å². The molecule has 1 amide bonds. The number of aryl methyl sites for hydroxylation is 1. The van der Waals surface area contributed by atoms with Gasteiger partial charge in [0.15, 0.2) is 5.17 Å². The second-order valence-corrected chi connectivity index (χ2v) is 7.79. The van der Waals surface area contributed by atoms with E-state index in [4.69, 9.17) is 4.74 Å². The molecule has 0 spiro atoms. The number of benzene rings is 2. The van der Waals surface area contributed by atoms with E-state index in [1.807, 2.05) is 36.4 Å². The minimum atomic E-state index is -0.0887. The summed E-state index contributed by atoms with van der Waals surface area (Å²) in [5, 5.41) is 9.19. The quantitative estimate of drug-likeness (QED) is 0.507. The van der Waals surface area contributed by atoms with Crippen LogP contribution in [0.3, 0.4) is 0 Å². The van der Waals surface area contributed by atoms with Crippen molar-refractivity contribution in [2.24, 2.45) is 10.2 Å². The first-order valence-corrected chi connectivity index (χ1v) is 10.3. The van der Waals surface area contributed by atoms with Gasteiger partial charge in [-0.15, -0.1) is 5.10 Å². The predicted octanol–water partition coefficient (Wildman–Crippen LogP) is 4.64. The van der Waals surface area contributed by atoms with Gasteiger partial charge < -0.3 is 4.74 Å². The Balaban J connectivity index is 1.85. The monoisotopic (exact) mass is 395 g/mol. The average molecular weight is 396 g/mol. The molecule has 0 bridgehead atoms. The van der Waals surface area contributed by atoms with Crippen LogP contribution in [0.15, 0.2) is 58.7 Å². The molecule has 1 aliphatic rings. The van der Waals surface area contributed by atoms with Gasteiger partial charge in [0.25, 0.3) is 0 Å². The second-order valence-electron chi connectivity index (χ2n) is 6.62. The van der Waals surface area contributed by atoms with Crippen molar-refractivity contribution >= 4 is 29.1 Å². The van der Waals surface area contributed by atoms with Crippen LogP contribution in [-0.4, -0.2) is 34.5 Å². The summed E-state index contributed by atoms with van der Waals surface area (Å²) in [5.41, 5.74) is 3.13. The molecule has 1 unspecified atom stereocenters. The van der Waals surface area contributed by atoms with Crippen LogP contribution in [0.2, 0.25) is 0 Å². The number of ether oxygens (including phenoxy) is 1. The van der Waals surface area contributed by atoms with Crippen molar-refractivity contribution in [3.8, 4) is 5.75 Å². The number of amides is 1. The molecule has 2 aromatic carbocycles. The van der Waals surface area contributed by atoms with E-state index >= 15 is 0 Å². The molecule has 146 valence electrons. The number of thioether (sulfide) groups is 1. The summed E-state index contributed by atoms with van der Waals surface area (Å²) in [6, 6.07) is 15.7. The first kappa shape index (κ1) is 20.1. The SMILES string of the molecule is CCCC1S/C(=N/N=C/c2ccccc2OC)N(Cc2ccccc2C)C1=O. The fourth-order valence-corrected chi connectivity index (χ4v) is 4.26. The maximum absolute atomic E-state index is 12.9. The van der Waals surface area contributed by atoms with Gasteiger partial charge in [-0.25, -0.2) is 0 Å². The third kappa shape index (κ3) is 4.62. The van der Waals surface area contributed by atoms with Crippen LogP contribution in [-0.2, 0) is 11.3 Å². The highest BCUT2D eigenvalue weighted by molar-refractivity contribution is 8.15. The lowest BCUT2D eigenvalue weighted by atomic mass is 10.1. The Kier molecular flexibility index (Phi) is 6.87. The number of hydrogen-bond acceptors (Lipinski definition) is 5. The molecule has 6 heteroatoms. The van der Waals surface area contributed by atoms with Gasteiger partial charge in [-0.3, -0.25) is 9.69 Å². The van der Waals surface area contributed by atoms with Gasteiger partial charge in [-0.2, -0.15) is 5.10 Å². The Bertz CT molecular complexity index is 895. The van der Waals surface area contributed by atoms with E-state index in [-0.39, 0.29) is 11.2 Å². The molecule has 0 aromatic heterocycles. The van der Waals surface area contributed by atoms with Gasteiger partial charge in [-0.05, 0) is 36.6 Å². The van der Waals surface area contributed by atoms with Crippen molar-refractivity contribution < 1.29 is 9.53 Å². The van der Waals surface area contributed by atoms with E-state index in [2.05, 4.69) is 36.2 Å². The van der Waals surface area contributed by atoms with Crippen LogP contribution in [0.1, 0.15) is 36.5 Å². The van der Waals surface area contributed by atoms with Crippen LogP contribution >= 0.6 is 11.8 Å². The smallest absolute Gasteiger partial charge is 0.242 e. The normalized spacial score (nSPS) is 18.4. The fraction of sp³-hybridized carbons (Fsp3) is 0.318. The van der Waals surface area contributed by atoms with Crippen molar-refractivity contribution in [2.75, 3.05) is 7.11 Å². The Morgan fingerprint density at radius 3 is 2.68 bits per heavy atom. The highest BCUT2D eigenvalue weighted by atomic mass is 32.2. The van der Waals surface area contributed by atoms with E-state index < -0.39 is 0 Å². The molecule has 0 radical (unpaired) electrons. The molecule has 3 rings (SSSR count). The summed E-state index contributed by atoms with van der Waals surface area (Å²) in [4.78, 5) is 14.7. The number of carbonyl (C=O) groups is 1. The molecule has 0 aliphatic carbocycles. The standard InChI is InChI=1S/C22H25N3O2S/c1-4-9-20-21(26)25(15-18-12-6-5-10-16(18)2)22(28-20)24-23-14-17-11-7-8-13-19(17)27-3/h5-8,10-14,20H,4,9,15H2,1-3H3/b23-14+,24-22+. The van der Waals surface area contributed by atoms with E-state index in [0.29, 0.717) is 11.7 Å². The van der Waals surface area contributed by atoms with Gasteiger partial charge >= 0.3 is 0 Å². The van der Waals surface area contributed by atoms with E-state index in [1.54, 1.807) is 18.2 Å². The van der Waals surface area contributed by atoms with E-state index in [9.17, 15) is 4.79 Å². The van der Waals surface area contributed by atoms with Gasteiger partial charge in [-0.1, -0.05) is 61.5 Å². The molecule has 0 N–H and O–H groups in total. The lowest BCUT2D eigenvalue weighted by molar-refractivity contribution is -0.126. The molecule has 5 nitrogen and oxygen atoms in total. The number of rotatable bonds is 7. The Morgan fingerprint density at radius 2 is 1.93 bits per heavy atom. The lowest BCUT2D eigenvalue weighted by Gasteiger charge is -2.17. The maximum atomic E-state index is 12.9. The number of carbonyl (C=O) groups excluding carboxylic acids is 1. The third-order valence-corrected chi connectivity index (χ3v) is 5.87. The van der Waals surface area contributed by atoms with Crippen molar-refractivity contribution in [1.82, 2.24) is 4.90 Å². The molecule has 1 heterocycles. The predicted molar refractivity (Wildman–Crippen MR) is 116 cm³/mol. The number of methoxy groups -OCH3 is 1. The van der Waals surface area contributed by atoms with Gasteiger partial charge in [0, 0.05) is 5.56 Å². The first-order valence-electron chi connectivity index (χ1n) is 9.40. The Morgan fingerprint density at radius 1 is 1.18 bits per heavy atom. The van der Waals surface area contributed by atoms with Crippen LogP contribution < -0.4 is 4.74 Å². The molecule has 1 aliphatic heterocycles. The zero-order chi connectivity index (χ0) is 19.9. The third-order valence-electron chi connectivity index (χ3n) is 4.64. The molecule has 2 aromatic rings. The minimum absolute atomic E-state index is 0.0887. The highest BCUT2D eigenvalue weighted by Crippen LogP contribution is 2.32. The van der Waals surface area contributed by atoms with E-state index in [1.165, 1.54) is 11.8 Å². The summed E-state index contributed by atoms with van der Waals surface area (Å²) >= 11 is 1.50. The number of nitrogens with zero attached hydrogens (tertiary/aromatic N) is 3. The zero-order valence-electron chi connectivity index (χ0n) is 16.5. The van der Waals surface area contributed by atoms with Gasteiger partial charge in [0.05, 0.1) is 25.1 Å². The van der Waals surface area contributed by atoms with E-state index in [0.717, 1.165) is 35.3 Å². The molecule has 0 saturated carbocycles. The van der Waals surface area contributed by atoms with Crippen LogP contribution in [0.4, 0.5) is 0 Å². The van der Waals surface area contributed by atoms with Crippen molar-refractivity contribution in [3.63, 3.8) is 0 Å². The second kappa shape index (κ2) is 9.55. The number of hydrogen-bond donors (Lipinski definition) is 0. The average Bonchev–Trinajstić information content (AvgIpc) is 2.99. The topological polar surface area (TPSA) is 54.3 Å².